The van der Waals surface area contributed by atoms with Crippen LogP contribution in [0.1, 0.15) is 25.7 Å². The number of alkyl halides is 2. The molecule has 0 aliphatic carbocycles. The van der Waals surface area contributed by atoms with Gasteiger partial charge in [0.15, 0.2) is 0 Å². The predicted molar refractivity (Wildman–Crippen MR) is 69.4 cm³/mol. The van der Waals surface area contributed by atoms with Gasteiger partial charge in [0.05, 0.1) is 0 Å². The molecule has 0 unspecified atom stereocenters. The van der Waals surface area contributed by atoms with Crippen molar-refractivity contribution in [2.75, 3.05) is 27.4 Å². The first-order valence-electron chi connectivity index (χ1n) is 5.59. The summed E-state index contributed by atoms with van der Waals surface area (Å²) >= 11 is 11.7. The van der Waals surface area contributed by atoms with Crippen LogP contribution in [0.2, 0.25) is 0 Å². The van der Waals surface area contributed by atoms with Gasteiger partial charge in [0.25, 0.3) is 0 Å². The van der Waals surface area contributed by atoms with E-state index in [4.69, 9.17) is 42.0 Å². The SMILES string of the molecule is COCCC[C@@H](Cl)O[B]O[C@H](Cl)CCCOC. The molecule has 0 spiro atoms. The summed E-state index contributed by atoms with van der Waals surface area (Å²) in [6, 6.07) is 0. The number of methoxy groups -OCH3 is 2. The molecule has 0 aliphatic rings. The topological polar surface area (TPSA) is 36.9 Å². The lowest BCUT2D eigenvalue weighted by Crippen LogP contribution is -2.17. The van der Waals surface area contributed by atoms with Crippen LogP contribution >= 0.6 is 23.2 Å². The Morgan fingerprint density at radius 2 is 1.29 bits per heavy atom. The molecular formula is C10H20BCl2O4. The summed E-state index contributed by atoms with van der Waals surface area (Å²) in [6.45, 7) is 1.34. The largest absolute Gasteiger partial charge is 0.490 e. The van der Waals surface area contributed by atoms with Crippen molar-refractivity contribution < 1.29 is 18.8 Å². The molecule has 0 bridgehead atoms. The molecule has 0 fully saturated rings. The molecule has 0 N–H and O–H groups in total. The second kappa shape index (κ2) is 12.9. The van der Waals surface area contributed by atoms with E-state index in [-0.39, 0.29) is 0 Å². The summed E-state index contributed by atoms with van der Waals surface area (Å²) in [6.07, 6.45) is 3.09. The molecule has 0 heterocycles. The zero-order chi connectivity index (χ0) is 12.9. The number of halogens is 2. The smallest absolute Gasteiger partial charge is 0.397 e. The van der Waals surface area contributed by atoms with E-state index >= 15 is 0 Å². The monoisotopic (exact) mass is 285 g/mol. The van der Waals surface area contributed by atoms with Gasteiger partial charge in [0.1, 0.15) is 11.1 Å². The van der Waals surface area contributed by atoms with Crippen molar-refractivity contribution in [1.82, 2.24) is 0 Å². The van der Waals surface area contributed by atoms with Crippen LogP contribution in [0.3, 0.4) is 0 Å². The molecule has 0 aromatic heterocycles. The van der Waals surface area contributed by atoms with Gasteiger partial charge in [-0.05, 0) is 25.7 Å². The third-order valence-corrected chi connectivity index (χ3v) is 2.61. The lowest BCUT2D eigenvalue weighted by atomic mass is 10.3. The molecule has 0 saturated carbocycles. The number of hydrogen-bond donors (Lipinski definition) is 0. The quantitative estimate of drug-likeness (QED) is 0.314. The summed E-state index contributed by atoms with van der Waals surface area (Å²) in [4.78, 5) is 0. The minimum atomic E-state index is -0.409. The highest BCUT2D eigenvalue weighted by molar-refractivity contribution is 6.27. The number of hydrogen-bond acceptors (Lipinski definition) is 4. The van der Waals surface area contributed by atoms with Crippen LogP contribution in [0.25, 0.3) is 0 Å². The average Bonchev–Trinajstić information content (AvgIpc) is 2.30. The van der Waals surface area contributed by atoms with Crippen molar-refractivity contribution in [3.05, 3.63) is 0 Å². The van der Waals surface area contributed by atoms with E-state index in [1.807, 2.05) is 0 Å². The molecule has 0 amide bonds. The number of rotatable bonds is 12. The molecule has 2 atom stereocenters. The van der Waals surface area contributed by atoms with E-state index in [1.54, 1.807) is 14.2 Å². The molecule has 101 valence electrons. The van der Waals surface area contributed by atoms with E-state index in [9.17, 15) is 0 Å². The Kier molecular flexibility index (Phi) is 13.3. The average molecular weight is 286 g/mol. The first-order chi connectivity index (χ1) is 8.20. The minimum Gasteiger partial charge on any atom is -0.397 e. The minimum absolute atomic E-state index is 0.409. The Hall–Kier alpha value is 0.485. The Labute approximate surface area is 114 Å². The maximum absolute atomic E-state index is 5.87. The van der Waals surface area contributed by atoms with Crippen molar-refractivity contribution in [1.29, 1.82) is 0 Å². The summed E-state index contributed by atoms with van der Waals surface area (Å²) in [7, 11) is 4.50. The fourth-order valence-corrected chi connectivity index (χ4v) is 1.46. The lowest BCUT2D eigenvalue weighted by molar-refractivity contribution is 0.148. The summed E-state index contributed by atoms with van der Waals surface area (Å²) < 4.78 is 20.0. The maximum Gasteiger partial charge on any atom is 0.490 e. The molecule has 4 nitrogen and oxygen atoms in total. The first kappa shape index (κ1) is 17.5. The Morgan fingerprint density at radius 3 is 1.65 bits per heavy atom. The molecule has 7 heteroatoms. The number of ether oxygens (including phenoxy) is 2. The fourth-order valence-electron chi connectivity index (χ4n) is 1.07. The molecule has 17 heavy (non-hydrogen) atoms. The zero-order valence-corrected chi connectivity index (χ0v) is 11.9. The van der Waals surface area contributed by atoms with Crippen molar-refractivity contribution in [2.24, 2.45) is 0 Å². The fraction of sp³-hybridized carbons (Fsp3) is 1.00. The summed E-state index contributed by atoms with van der Waals surface area (Å²) in [5.41, 5.74) is -0.819. The van der Waals surface area contributed by atoms with Crippen LogP contribution < -0.4 is 0 Å². The second-order valence-corrected chi connectivity index (χ2v) is 4.43. The van der Waals surface area contributed by atoms with E-state index in [1.165, 1.54) is 7.69 Å². The summed E-state index contributed by atoms with van der Waals surface area (Å²) in [5, 5.41) is 0. The van der Waals surface area contributed by atoms with Crippen molar-refractivity contribution in [3.63, 3.8) is 0 Å². The molecule has 0 aromatic rings. The first-order valence-corrected chi connectivity index (χ1v) is 6.46. The highest BCUT2D eigenvalue weighted by atomic mass is 35.5. The highest BCUT2D eigenvalue weighted by Crippen LogP contribution is 2.10. The highest BCUT2D eigenvalue weighted by Gasteiger charge is 2.10. The second-order valence-electron chi connectivity index (χ2n) is 3.46. The van der Waals surface area contributed by atoms with Crippen molar-refractivity contribution in [3.8, 4) is 0 Å². The van der Waals surface area contributed by atoms with Gasteiger partial charge >= 0.3 is 7.69 Å². The Morgan fingerprint density at radius 1 is 0.882 bits per heavy atom. The molecular weight excluding hydrogens is 266 g/mol. The Balaban J connectivity index is 3.29. The molecule has 0 rings (SSSR count). The van der Waals surface area contributed by atoms with Crippen LogP contribution in [0.4, 0.5) is 0 Å². The molecule has 0 aliphatic heterocycles. The van der Waals surface area contributed by atoms with Crippen molar-refractivity contribution >= 4 is 30.9 Å². The van der Waals surface area contributed by atoms with E-state index in [0.29, 0.717) is 26.1 Å². The van der Waals surface area contributed by atoms with Gasteiger partial charge in [0, 0.05) is 27.4 Å². The molecule has 0 aromatic carbocycles. The maximum atomic E-state index is 5.87. The molecule has 1 radical (unpaired) electrons. The van der Waals surface area contributed by atoms with Crippen LogP contribution in [0.5, 0.6) is 0 Å². The van der Waals surface area contributed by atoms with Gasteiger partial charge < -0.3 is 18.8 Å². The normalized spacial score (nSPS) is 14.6. The third-order valence-electron chi connectivity index (χ3n) is 1.97. The van der Waals surface area contributed by atoms with Gasteiger partial charge in [-0.15, -0.1) is 0 Å². The van der Waals surface area contributed by atoms with Crippen LogP contribution in [-0.4, -0.2) is 46.2 Å². The Bertz CT molecular complexity index is 149. The van der Waals surface area contributed by atoms with Gasteiger partial charge in [-0.3, -0.25) is 0 Å². The van der Waals surface area contributed by atoms with Gasteiger partial charge in [-0.25, -0.2) is 0 Å². The van der Waals surface area contributed by atoms with Crippen LogP contribution in [0, 0.1) is 0 Å². The predicted octanol–water partition coefficient (Wildman–Crippen LogP) is 2.54. The zero-order valence-electron chi connectivity index (χ0n) is 10.4. The van der Waals surface area contributed by atoms with E-state index < -0.39 is 11.1 Å². The van der Waals surface area contributed by atoms with Gasteiger partial charge in [-0.2, -0.15) is 0 Å². The standard InChI is InChI=1S/C10H20BCl2O4/c1-14-7-3-5-9(12)16-11-17-10(13)6-4-8-15-2/h9-10H,3-8H2,1-2H3/t9-,10-/m0/s1. The van der Waals surface area contributed by atoms with E-state index in [0.717, 1.165) is 12.8 Å². The van der Waals surface area contributed by atoms with E-state index in [2.05, 4.69) is 0 Å². The summed E-state index contributed by atoms with van der Waals surface area (Å²) in [5.74, 6) is 0. The third kappa shape index (κ3) is 12.7. The lowest BCUT2D eigenvalue weighted by Gasteiger charge is -2.13. The van der Waals surface area contributed by atoms with Crippen LogP contribution in [0.15, 0.2) is 0 Å². The van der Waals surface area contributed by atoms with Crippen molar-refractivity contribution in [2.45, 2.75) is 36.8 Å². The van der Waals surface area contributed by atoms with Gasteiger partial charge in [-0.1, -0.05) is 23.2 Å². The van der Waals surface area contributed by atoms with Gasteiger partial charge in [0.2, 0.25) is 0 Å². The molecule has 0 saturated heterocycles. The van der Waals surface area contributed by atoms with Crippen LogP contribution in [-0.2, 0) is 18.8 Å².